The molecule has 1 heterocycles. The molecule has 0 bridgehead atoms. The van der Waals surface area contributed by atoms with Crippen molar-refractivity contribution >= 4 is 17.7 Å². The maximum absolute atomic E-state index is 11.6. The van der Waals surface area contributed by atoms with E-state index >= 15 is 0 Å². The van der Waals surface area contributed by atoms with E-state index in [9.17, 15) is 19.5 Å². The number of Topliss-reactive ketones (excluding diaryl/α,β-unsaturated/α-hetero) is 1. The van der Waals surface area contributed by atoms with Gasteiger partial charge in [-0.15, -0.1) is 0 Å². The van der Waals surface area contributed by atoms with Crippen molar-refractivity contribution in [3.05, 3.63) is 0 Å². The molecule has 1 fully saturated rings. The molecule has 0 radical (unpaired) electrons. The van der Waals surface area contributed by atoms with Gasteiger partial charge in [0, 0.05) is 6.42 Å². The second-order valence-electron chi connectivity index (χ2n) is 6.49. The van der Waals surface area contributed by atoms with Crippen molar-refractivity contribution in [2.24, 2.45) is 0 Å². The third-order valence-corrected chi connectivity index (χ3v) is 4.27. The van der Waals surface area contributed by atoms with Gasteiger partial charge in [-0.1, -0.05) is 58.3 Å². The van der Waals surface area contributed by atoms with Crippen LogP contribution in [0.5, 0.6) is 0 Å². The predicted octanol–water partition coefficient (Wildman–Crippen LogP) is 1.67. The quantitative estimate of drug-likeness (QED) is 0.293. The number of aliphatic hydroxyl groups is 2. The molecule has 1 aliphatic rings. The lowest BCUT2D eigenvalue weighted by Gasteiger charge is -2.15. The topological polar surface area (TPSA) is 110 Å². The van der Waals surface area contributed by atoms with Gasteiger partial charge in [0.05, 0.1) is 0 Å². The number of hydrogen-bond donors (Lipinski definition) is 2. The van der Waals surface area contributed by atoms with Crippen LogP contribution in [0.4, 0.5) is 0 Å². The van der Waals surface area contributed by atoms with Crippen molar-refractivity contribution in [1.29, 1.82) is 0 Å². The van der Waals surface area contributed by atoms with Crippen LogP contribution in [0, 0.1) is 0 Å². The summed E-state index contributed by atoms with van der Waals surface area (Å²) in [5, 5.41) is 18.9. The Morgan fingerprint density at radius 1 is 1.08 bits per heavy atom. The molecular weight excluding hydrogens is 328 g/mol. The third-order valence-electron chi connectivity index (χ3n) is 4.27. The van der Waals surface area contributed by atoms with Gasteiger partial charge in [0.2, 0.25) is 11.9 Å². The number of ketones is 1. The van der Waals surface area contributed by atoms with E-state index in [2.05, 4.69) is 11.7 Å². The molecule has 1 saturated heterocycles. The van der Waals surface area contributed by atoms with Gasteiger partial charge in [-0.05, 0) is 6.42 Å². The van der Waals surface area contributed by atoms with Crippen molar-refractivity contribution in [2.75, 3.05) is 6.61 Å². The van der Waals surface area contributed by atoms with E-state index in [1.165, 1.54) is 38.5 Å². The molecular formula is C18H30O7. The van der Waals surface area contributed by atoms with Crippen LogP contribution in [0.1, 0.15) is 71.1 Å². The van der Waals surface area contributed by atoms with Crippen LogP contribution in [-0.2, 0) is 23.9 Å². The maximum atomic E-state index is 11.6. The Bertz CT molecular complexity index is 435. The van der Waals surface area contributed by atoms with Gasteiger partial charge in [0.1, 0.15) is 12.7 Å². The van der Waals surface area contributed by atoms with Crippen LogP contribution in [0.3, 0.4) is 0 Å². The Kier molecular flexibility index (Phi) is 10.3. The number of hydrogen-bond acceptors (Lipinski definition) is 7. The molecule has 1 rings (SSSR count). The fourth-order valence-electron chi connectivity index (χ4n) is 2.71. The fourth-order valence-corrected chi connectivity index (χ4v) is 2.71. The Labute approximate surface area is 148 Å². The largest absolute Gasteiger partial charge is 0.463 e. The zero-order valence-electron chi connectivity index (χ0n) is 14.9. The molecule has 0 aromatic rings. The number of esters is 2. The molecule has 2 N–H and O–H groups in total. The average Bonchev–Trinajstić information content (AvgIpc) is 2.85. The smallest absolute Gasteiger partial charge is 0.343 e. The number of aliphatic hydroxyl groups excluding tert-OH is 2. The zero-order chi connectivity index (χ0) is 18.7. The molecule has 0 saturated carbocycles. The summed E-state index contributed by atoms with van der Waals surface area (Å²) in [6.07, 6.45) is 5.74. The van der Waals surface area contributed by atoms with Gasteiger partial charge in [-0.3, -0.25) is 9.59 Å². The number of carbonyl (C=O) groups is 3. The molecule has 0 aromatic carbocycles. The van der Waals surface area contributed by atoms with Gasteiger partial charge in [0.25, 0.3) is 0 Å². The summed E-state index contributed by atoms with van der Waals surface area (Å²) in [6, 6.07) is 0. The van der Waals surface area contributed by atoms with E-state index in [0.717, 1.165) is 19.3 Å². The standard InChI is InChI=1S/C18H30O7/c1-2-3-4-5-6-7-8-9-10-11-14(20)24-12-13(19)17-15(21)16(22)18(23)25-17/h13,16-17,19,22H,2-12H2,1H3/t13-,16?,17+/m0/s1. The zero-order valence-corrected chi connectivity index (χ0v) is 14.9. The Balaban J connectivity index is 2.03. The number of carbonyl (C=O) groups excluding carboxylic acids is 3. The first-order valence-corrected chi connectivity index (χ1v) is 9.23. The highest BCUT2D eigenvalue weighted by atomic mass is 16.6. The van der Waals surface area contributed by atoms with E-state index in [-0.39, 0.29) is 6.42 Å². The minimum Gasteiger partial charge on any atom is -0.463 e. The van der Waals surface area contributed by atoms with Crippen molar-refractivity contribution < 1.29 is 34.1 Å². The molecule has 144 valence electrons. The number of cyclic esters (lactones) is 1. The van der Waals surface area contributed by atoms with E-state index in [1.807, 2.05) is 0 Å². The maximum Gasteiger partial charge on any atom is 0.343 e. The molecule has 25 heavy (non-hydrogen) atoms. The molecule has 7 nitrogen and oxygen atoms in total. The van der Waals surface area contributed by atoms with Crippen LogP contribution >= 0.6 is 0 Å². The first-order chi connectivity index (χ1) is 12.0. The first kappa shape index (κ1) is 21.6. The third kappa shape index (κ3) is 7.96. The molecule has 0 spiro atoms. The van der Waals surface area contributed by atoms with E-state index < -0.39 is 42.6 Å². The lowest BCUT2D eigenvalue weighted by atomic mass is 10.1. The van der Waals surface area contributed by atoms with Crippen LogP contribution in [0.2, 0.25) is 0 Å². The number of rotatable bonds is 13. The highest BCUT2D eigenvalue weighted by molar-refractivity contribution is 6.09. The summed E-state index contributed by atoms with van der Waals surface area (Å²) in [4.78, 5) is 34.1. The minimum atomic E-state index is -1.86. The van der Waals surface area contributed by atoms with E-state index in [1.54, 1.807) is 0 Å². The SMILES string of the molecule is CCCCCCCCCCCC(=O)OC[C@H](O)[C@H]1OC(=O)C(O)C1=O. The number of ether oxygens (including phenoxy) is 2. The fraction of sp³-hybridized carbons (Fsp3) is 0.833. The molecule has 1 unspecified atom stereocenters. The minimum absolute atomic E-state index is 0.254. The van der Waals surface area contributed by atoms with E-state index in [0.29, 0.717) is 0 Å². The van der Waals surface area contributed by atoms with Crippen molar-refractivity contribution in [2.45, 2.75) is 89.4 Å². The number of unbranched alkanes of at least 4 members (excludes halogenated alkanes) is 8. The second-order valence-corrected chi connectivity index (χ2v) is 6.49. The molecule has 7 heteroatoms. The highest BCUT2D eigenvalue weighted by Crippen LogP contribution is 2.15. The Morgan fingerprint density at radius 3 is 2.16 bits per heavy atom. The molecule has 0 aromatic heterocycles. The van der Waals surface area contributed by atoms with Crippen LogP contribution in [0.15, 0.2) is 0 Å². The second kappa shape index (κ2) is 12.0. The monoisotopic (exact) mass is 358 g/mol. The molecule has 0 aliphatic carbocycles. The lowest BCUT2D eigenvalue weighted by molar-refractivity contribution is -0.156. The molecule has 3 atom stereocenters. The van der Waals surface area contributed by atoms with Gasteiger partial charge >= 0.3 is 11.9 Å². The van der Waals surface area contributed by atoms with Crippen molar-refractivity contribution in [3.63, 3.8) is 0 Å². The summed E-state index contributed by atoms with van der Waals surface area (Å²) in [5.41, 5.74) is 0. The first-order valence-electron chi connectivity index (χ1n) is 9.23. The van der Waals surface area contributed by atoms with Crippen molar-refractivity contribution in [1.82, 2.24) is 0 Å². The lowest BCUT2D eigenvalue weighted by Crippen LogP contribution is -2.38. The summed E-state index contributed by atoms with van der Waals surface area (Å²) in [7, 11) is 0. The van der Waals surface area contributed by atoms with Gasteiger partial charge < -0.3 is 19.7 Å². The highest BCUT2D eigenvalue weighted by Gasteiger charge is 2.46. The normalized spacial score (nSPS) is 21.2. The van der Waals surface area contributed by atoms with Crippen LogP contribution < -0.4 is 0 Å². The van der Waals surface area contributed by atoms with Crippen molar-refractivity contribution in [3.8, 4) is 0 Å². The summed E-state index contributed by atoms with van der Waals surface area (Å²) < 4.78 is 9.45. The Hall–Kier alpha value is -1.47. The molecule has 0 amide bonds. The predicted molar refractivity (Wildman–Crippen MR) is 89.7 cm³/mol. The van der Waals surface area contributed by atoms with Crippen LogP contribution in [0.25, 0.3) is 0 Å². The van der Waals surface area contributed by atoms with E-state index in [4.69, 9.17) is 9.84 Å². The van der Waals surface area contributed by atoms with Crippen LogP contribution in [-0.4, -0.2) is 52.9 Å². The van der Waals surface area contributed by atoms with Gasteiger partial charge in [-0.25, -0.2) is 4.79 Å². The average molecular weight is 358 g/mol. The molecule has 1 aliphatic heterocycles. The summed E-state index contributed by atoms with van der Waals surface area (Å²) in [6.45, 7) is 1.76. The van der Waals surface area contributed by atoms with Gasteiger partial charge in [-0.2, -0.15) is 0 Å². The van der Waals surface area contributed by atoms with Gasteiger partial charge in [0.15, 0.2) is 6.10 Å². The summed E-state index contributed by atoms with van der Waals surface area (Å²) in [5.74, 6) is -2.46. The Morgan fingerprint density at radius 2 is 1.64 bits per heavy atom. The summed E-state index contributed by atoms with van der Waals surface area (Å²) >= 11 is 0.